The zero-order valence-corrected chi connectivity index (χ0v) is 10.7. The van der Waals surface area contributed by atoms with Gasteiger partial charge in [-0.25, -0.2) is 19.3 Å². The third-order valence-electron chi connectivity index (χ3n) is 2.89. The van der Waals surface area contributed by atoms with Crippen molar-refractivity contribution in [2.24, 2.45) is 0 Å². The number of ether oxygens (including phenoxy) is 2. The number of nitrogens with zero attached hydrogens (tertiary/aromatic N) is 3. The van der Waals surface area contributed by atoms with Crippen LogP contribution >= 0.6 is 0 Å². The monoisotopic (exact) mass is 265 g/mol. The SMILES string of the molecule is CC1(C)OCC(CNc2cc3n[nH]c(=O)n3cn2)O1. The Hall–Kier alpha value is -1.93. The Morgan fingerprint density at radius 2 is 2.47 bits per heavy atom. The van der Waals surface area contributed by atoms with Crippen LogP contribution in [0.15, 0.2) is 17.2 Å². The van der Waals surface area contributed by atoms with Gasteiger partial charge < -0.3 is 14.8 Å². The van der Waals surface area contributed by atoms with Gasteiger partial charge in [0.1, 0.15) is 18.2 Å². The quantitative estimate of drug-likeness (QED) is 0.810. The van der Waals surface area contributed by atoms with E-state index in [1.807, 2.05) is 13.8 Å². The highest BCUT2D eigenvalue weighted by atomic mass is 16.7. The summed E-state index contributed by atoms with van der Waals surface area (Å²) in [6.07, 6.45) is 1.41. The standard InChI is InChI=1S/C11H15N5O3/c1-11(2)18-5-7(19-11)4-12-8-3-9-14-15-10(17)16(9)6-13-8/h3,6-7,12H,4-5H2,1-2H3,(H,15,17). The predicted molar refractivity (Wildman–Crippen MR) is 67.0 cm³/mol. The summed E-state index contributed by atoms with van der Waals surface area (Å²) >= 11 is 0. The molecule has 2 aromatic heterocycles. The second-order valence-electron chi connectivity index (χ2n) is 4.86. The van der Waals surface area contributed by atoms with Crippen molar-refractivity contribution in [3.63, 3.8) is 0 Å². The van der Waals surface area contributed by atoms with Gasteiger partial charge in [0.05, 0.1) is 6.61 Å². The molecule has 1 saturated heterocycles. The third kappa shape index (κ3) is 2.45. The number of aromatic amines is 1. The molecule has 3 heterocycles. The van der Waals surface area contributed by atoms with Crippen LogP contribution in [-0.4, -0.2) is 44.6 Å². The van der Waals surface area contributed by atoms with E-state index in [0.717, 1.165) is 0 Å². The summed E-state index contributed by atoms with van der Waals surface area (Å²) in [5.74, 6) is 0.110. The van der Waals surface area contributed by atoms with E-state index in [-0.39, 0.29) is 11.8 Å². The summed E-state index contributed by atoms with van der Waals surface area (Å²) in [5.41, 5.74) is 0.217. The van der Waals surface area contributed by atoms with Crippen LogP contribution in [0, 0.1) is 0 Å². The molecule has 1 aliphatic heterocycles. The summed E-state index contributed by atoms with van der Waals surface area (Å²) < 4.78 is 12.5. The van der Waals surface area contributed by atoms with Gasteiger partial charge in [-0.2, -0.15) is 5.10 Å². The third-order valence-corrected chi connectivity index (χ3v) is 2.89. The molecule has 1 unspecified atom stereocenters. The van der Waals surface area contributed by atoms with Gasteiger partial charge in [0.15, 0.2) is 11.4 Å². The molecule has 2 aromatic rings. The summed E-state index contributed by atoms with van der Waals surface area (Å²) in [5, 5.41) is 9.37. The summed E-state index contributed by atoms with van der Waals surface area (Å²) in [7, 11) is 0. The first-order valence-corrected chi connectivity index (χ1v) is 6.02. The van der Waals surface area contributed by atoms with Crippen LogP contribution in [0.25, 0.3) is 5.65 Å². The van der Waals surface area contributed by atoms with Crippen LogP contribution in [0.5, 0.6) is 0 Å². The maximum atomic E-state index is 11.3. The van der Waals surface area contributed by atoms with E-state index in [0.29, 0.717) is 24.6 Å². The molecule has 0 amide bonds. The van der Waals surface area contributed by atoms with E-state index in [2.05, 4.69) is 20.5 Å². The number of anilines is 1. The van der Waals surface area contributed by atoms with Crippen LogP contribution in [0.1, 0.15) is 13.8 Å². The van der Waals surface area contributed by atoms with Gasteiger partial charge in [-0.3, -0.25) is 0 Å². The van der Waals surface area contributed by atoms with E-state index in [1.165, 1.54) is 10.7 Å². The largest absolute Gasteiger partial charge is 0.367 e. The fourth-order valence-corrected chi connectivity index (χ4v) is 1.99. The molecule has 3 rings (SSSR count). The molecule has 0 aliphatic carbocycles. The lowest BCUT2D eigenvalue weighted by Crippen LogP contribution is -2.26. The first-order chi connectivity index (χ1) is 9.03. The molecule has 2 N–H and O–H groups in total. The van der Waals surface area contributed by atoms with E-state index < -0.39 is 5.79 Å². The maximum Gasteiger partial charge on any atom is 0.348 e. The lowest BCUT2D eigenvalue weighted by molar-refractivity contribution is -0.136. The summed E-state index contributed by atoms with van der Waals surface area (Å²) in [6, 6.07) is 1.69. The Kier molecular flexibility index (Phi) is 2.76. The first-order valence-electron chi connectivity index (χ1n) is 6.02. The number of aromatic nitrogens is 4. The Morgan fingerprint density at radius 1 is 1.63 bits per heavy atom. The number of H-pyrrole nitrogens is 1. The number of rotatable bonds is 3. The molecule has 8 nitrogen and oxygen atoms in total. The van der Waals surface area contributed by atoms with Crippen LogP contribution in [0.4, 0.5) is 5.82 Å². The lowest BCUT2D eigenvalue weighted by atomic mass is 10.3. The Balaban J connectivity index is 1.67. The predicted octanol–water partition coefficient (Wildman–Crippen LogP) is -0.0190. The van der Waals surface area contributed by atoms with Gasteiger partial charge in [0, 0.05) is 12.6 Å². The molecule has 8 heteroatoms. The molecule has 19 heavy (non-hydrogen) atoms. The molecule has 0 bridgehead atoms. The fraction of sp³-hybridized carbons (Fsp3) is 0.545. The molecule has 0 spiro atoms. The summed E-state index contributed by atoms with van der Waals surface area (Å²) in [6.45, 7) is 4.90. The van der Waals surface area contributed by atoms with E-state index in [9.17, 15) is 4.79 Å². The van der Waals surface area contributed by atoms with Gasteiger partial charge >= 0.3 is 5.69 Å². The van der Waals surface area contributed by atoms with Crippen molar-refractivity contribution in [1.82, 2.24) is 19.6 Å². The molecular weight excluding hydrogens is 250 g/mol. The Bertz CT molecular complexity index is 647. The topological polar surface area (TPSA) is 93.5 Å². The second kappa shape index (κ2) is 4.32. The average Bonchev–Trinajstić information content (AvgIpc) is 2.90. The molecule has 1 fully saturated rings. The minimum atomic E-state index is -0.529. The van der Waals surface area contributed by atoms with Crippen LogP contribution < -0.4 is 11.0 Å². The van der Waals surface area contributed by atoms with Crippen molar-refractivity contribution >= 4 is 11.5 Å². The Morgan fingerprint density at radius 3 is 3.21 bits per heavy atom. The zero-order valence-electron chi connectivity index (χ0n) is 10.7. The van der Waals surface area contributed by atoms with Crippen LogP contribution in [-0.2, 0) is 9.47 Å². The molecule has 0 aromatic carbocycles. The van der Waals surface area contributed by atoms with Crippen molar-refractivity contribution < 1.29 is 9.47 Å². The molecule has 1 atom stereocenters. The number of fused-ring (bicyclic) bond motifs is 1. The first kappa shape index (κ1) is 12.1. The molecule has 0 saturated carbocycles. The van der Waals surface area contributed by atoms with Gasteiger partial charge in [-0.05, 0) is 13.8 Å². The Labute approximate surface area is 108 Å². The van der Waals surface area contributed by atoms with E-state index in [4.69, 9.17) is 9.47 Å². The molecule has 102 valence electrons. The van der Waals surface area contributed by atoms with Gasteiger partial charge in [0.25, 0.3) is 0 Å². The second-order valence-corrected chi connectivity index (χ2v) is 4.86. The van der Waals surface area contributed by atoms with Gasteiger partial charge in [0.2, 0.25) is 0 Å². The smallest absolute Gasteiger partial charge is 0.348 e. The normalized spacial score (nSPS) is 21.9. The van der Waals surface area contributed by atoms with Crippen molar-refractivity contribution in [3.05, 3.63) is 22.9 Å². The van der Waals surface area contributed by atoms with E-state index >= 15 is 0 Å². The molecule has 0 radical (unpaired) electrons. The highest BCUT2D eigenvalue weighted by Crippen LogP contribution is 2.22. The number of hydrogen-bond acceptors (Lipinski definition) is 6. The minimum Gasteiger partial charge on any atom is -0.367 e. The lowest BCUT2D eigenvalue weighted by Gasteiger charge is -2.17. The number of hydrogen-bond donors (Lipinski definition) is 2. The fourth-order valence-electron chi connectivity index (χ4n) is 1.99. The van der Waals surface area contributed by atoms with E-state index in [1.54, 1.807) is 6.07 Å². The highest BCUT2D eigenvalue weighted by Gasteiger charge is 2.32. The van der Waals surface area contributed by atoms with Crippen molar-refractivity contribution in [3.8, 4) is 0 Å². The van der Waals surface area contributed by atoms with Crippen LogP contribution in [0.3, 0.4) is 0 Å². The van der Waals surface area contributed by atoms with Crippen molar-refractivity contribution in [2.75, 3.05) is 18.5 Å². The summed E-state index contributed by atoms with van der Waals surface area (Å²) in [4.78, 5) is 15.4. The van der Waals surface area contributed by atoms with Gasteiger partial charge in [-0.15, -0.1) is 0 Å². The average molecular weight is 265 g/mol. The van der Waals surface area contributed by atoms with Crippen molar-refractivity contribution in [1.29, 1.82) is 0 Å². The van der Waals surface area contributed by atoms with Crippen molar-refractivity contribution in [2.45, 2.75) is 25.7 Å². The van der Waals surface area contributed by atoms with Gasteiger partial charge in [-0.1, -0.05) is 0 Å². The zero-order chi connectivity index (χ0) is 13.5. The number of nitrogens with one attached hydrogen (secondary N) is 2. The highest BCUT2D eigenvalue weighted by molar-refractivity contribution is 5.48. The minimum absolute atomic E-state index is 0.0191. The molecule has 1 aliphatic rings. The maximum absolute atomic E-state index is 11.3. The molecular formula is C11H15N5O3. The van der Waals surface area contributed by atoms with Crippen LogP contribution in [0.2, 0.25) is 0 Å².